The second-order valence-corrected chi connectivity index (χ2v) is 3.40. The van der Waals surface area contributed by atoms with Gasteiger partial charge < -0.3 is 4.74 Å². The van der Waals surface area contributed by atoms with Crippen molar-refractivity contribution >= 4 is 28.8 Å². The van der Waals surface area contributed by atoms with Crippen LogP contribution in [0.15, 0.2) is 24.3 Å². The number of rotatable bonds is 2. The fraction of sp³-hybridized carbons (Fsp3) is 0.0909. The largest absolute Gasteiger partial charge is 0.497 e. The van der Waals surface area contributed by atoms with E-state index in [1.165, 1.54) is 0 Å². The molecule has 2 aromatic rings. The summed E-state index contributed by atoms with van der Waals surface area (Å²) in [6, 6.07) is 7.13. The number of aromatic nitrogens is 1. The van der Waals surface area contributed by atoms with Gasteiger partial charge in [0.05, 0.1) is 18.2 Å². The summed E-state index contributed by atoms with van der Waals surface area (Å²) in [4.78, 5) is 14.8. The zero-order valence-electron chi connectivity index (χ0n) is 8.03. The average Bonchev–Trinajstić information content (AvgIpc) is 2.27. The lowest BCUT2D eigenvalue weighted by Crippen LogP contribution is -1.89. The fourth-order valence-electron chi connectivity index (χ4n) is 1.35. The van der Waals surface area contributed by atoms with Crippen molar-refractivity contribution in [3.63, 3.8) is 0 Å². The van der Waals surface area contributed by atoms with Crippen LogP contribution < -0.4 is 4.74 Å². The molecule has 1 aromatic carbocycles. The highest BCUT2D eigenvalue weighted by Crippen LogP contribution is 2.23. The highest BCUT2D eigenvalue weighted by atomic mass is 35.5. The highest BCUT2D eigenvalue weighted by Gasteiger charge is 2.04. The van der Waals surface area contributed by atoms with E-state index in [9.17, 15) is 4.79 Å². The zero-order valence-corrected chi connectivity index (χ0v) is 8.78. The molecule has 1 heterocycles. The van der Waals surface area contributed by atoms with Crippen LogP contribution in [0, 0.1) is 0 Å². The summed E-state index contributed by atoms with van der Waals surface area (Å²) in [6.45, 7) is 0. The van der Waals surface area contributed by atoms with Gasteiger partial charge >= 0.3 is 0 Å². The van der Waals surface area contributed by atoms with E-state index in [-0.39, 0.29) is 5.15 Å². The van der Waals surface area contributed by atoms with Gasteiger partial charge in [-0.1, -0.05) is 11.6 Å². The predicted octanol–water partition coefficient (Wildman–Crippen LogP) is 2.71. The van der Waals surface area contributed by atoms with E-state index in [1.807, 2.05) is 12.1 Å². The minimum Gasteiger partial charge on any atom is -0.497 e. The van der Waals surface area contributed by atoms with Gasteiger partial charge in [-0.05, 0) is 18.2 Å². The van der Waals surface area contributed by atoms with Gasteiger partial charge in [0.1, 0.15) is 10.9 Å². The van der Waals surface area contributed by atoms with Gasteiger partial charge in [-0.25, -0.2) is 4.98 Å². The Morgan fingerprint density at radius 1 is 1.40 bits per heavy atom. The molecule has 3 nitrogen and oxygen atoms in total. The Morgan fingerprint density at radius 2 is 2.20 bits per heavy atom. The molecular formula is C11H8ClNO2. The average molecular weight is 222 g/mol. The normalized spacial score (nSPS) is 10.3. The van der Waals surface area contributed by atoms with Crippen molar-refractivity contribution in [2.45, 2.75) is 0 Å². The molecule has 0 N–H and O–H groups in total. The standard InChI is InChI=1S/C11H8ClNO2/c1-15-9-3-2-7-4-8(6-14)11(12)13-10(7)5-9/h2-6H,1H3. The second kappa shape index (κ2) is 3.87. The summed E-state index contributed by atoms with van der Waals surface area (Å²) in [6.07, 6.45) is 0.693. The zero-order chi connectivity index (χ0) is 10.8. The predicted molar refractivity (Wildman–Crippen MR) is 58.7 cm³/mol. The summed E-state index contributed by atoms with van der Waals surface area (Å²) >= 11 is 5.82. The summed E-state index contributed by atoms with van der Waals surface area (Å²) in [7, 11) is 1.59. The number of hydrogen-bond acceptors (Lipinski definition) is 3. The molecule has 0 amide bonds. The number of fused-ring (bicyclic) bond motifs is 1. The number of hydrogen-bond donors (Lipinski definition) is 0. The Morgan fingerprint density at radius 3 is 2.87 bits per heavy atom. The third-order valence-electron chi connectivity index (χ3n) is 2.13. The van der Waals surface area contributed by atoms with Crippen molar-refractivity contribution < 1.29 is 9.53 Å². The molecular weight excluding hydrogens is 214 g/mol. The SMILES string of the molecule is COc1ccc2cc(C=O)c(Cl)nc2c1. The van der Waals surface area contributed by atoms with Crippen LogP contribution in [0.3, 0.4) is 0 Å². The van der Waals surface area contributed by atoms with Crippen molar-refractivity contribution in [3.05, 3.63) is 35.0 Å². The lowest BCUT2D eigenvalue weighted by molar-refractivity contribution is 0.112. The lowest BCUT2D eigenvalue weighted by Gasteiger charge is -2.03. The molecule has 0 fully saturated rings. The van der Waals surface area contributed by atoms with Gasteiger partial charge in [0, 0.05) is 11.5 Å². The molecule has 0 saturated heterocycles. The van der Waals surface area contributed by atoms with E-state index in [0.717, 1.165) is 5.39 Å². The Hall–Kier alpha value is -1.61. The fourth-order valence-corrected chi connectivity index (χ4v) is 1.54. The van der Waals surface area contributed by atoms with Crippen LogP contribution in [0.4, 0.5) is 0 Å². The van der Waals surface area contributed by atoms with Crippen molar-refractivity contribution in [3.8, 4) is 5.75 Å². The van der Waals surface area contributed by atoms with Crippen LogP contribution in [0.25, 0.3) is 10.9 Å². The topological polar surface area (TPSA) is 39.2 Å². The minimum absolute atomic E-state index is 0.214. The maximum absolute atomic E-state index is 10.6. The molecule has 15 heavy (non-hydrogen) atoms. The summed E-state index contributed by atoms with van der Waals surface area (Å²) in [5.41, 5.74) is 1.11. The Labute approximate surface area is 91.6 Å². The van der Waals surface area contributed by atoms with E-state index in [1.54, 1.807) is 19.2 Å². The number of carbonyl (C=O) groups is 1. The monoisotopic (exact) mass is 221 g/mol. The quantitative estimate of drug-likeness (QED) is 0.578. The van der Waals surface area contributed by atoms with Gasteiger partial charge in [-0.2, -0.15) is 0 Å². The summed E-state index contributed by atoms with van der Waals surface area (Å²) in [5, 5.41) is 1.08. The van der Waals surface area contributed by atoms with E-state index in [2.05, 4.69) is 4.98 Å². The molecule has 76 valence electrons. The number of halogens is 1. The molecule has 2 rings (SSSR count). The van der Waals surface area contributed by atoms with Gasteiger partial charge in [0.25, 0.3) is 0 Å². The number of carbonyl (C=O) groups excluding carboxylic acids is 1. The van der Waals surface area contributed by atoms with E-state index in [0.29, 0.717) is 23.1 Å². The van der Waals surface area contributed by atoms with Gasteiger partial charge in [-0.15, -0.1) is 0 Å². The Bertz CT molecular complexity index is 525. The second-order valence-electron chi connectivity index (χ2n) is 3.04. The Balaban J connectivity index is 2.70. The molecule has 4 heteroatoms. The number of ether oxygens (including phenoxy) is 1. The van der Waals surface area contributed by atoms with Crippen LogP contribution >= 0.6 is 11.6 Å². The van der Waals surface area contributed by atoms with Crippen molar-refractivity contribution in [1.82, 2.24) is 4.98 Å². The molecule has 0 saturated carbocycles. The van der Waals surface area contributed by atoms with Crippen LogP contribution in [-0.4, -0.2) is 18.4 Å². The molecule has 0 spiro atoms. The van der Waals surface area contributed by atoms with Gasteiger partial charge in [0.2, 0.25) is 0 Å². The van der Waals surface area contributed by atoms with Crippen molar-refractivity contribution in [1.29, 1.82) is 0 Å². The number of benzene rings is 1. The summed E-state index contributed by atoms with van der Waals surface area (Å²) in [5.74, 6) is 0.713. The molecule has 0 aliphatic carbocycles. The van der Waals surface area contributed by atoms with E-state index < -0.39 is 0 Å². The summed E-state index contributed by atoms with van der Waals surface area (Å²) < 4.78 is 5.07. The first-order valence-corrected chi connectivity index (χ1v) is 4.72. The molecule has 0 radical (unpaired) electrons. The maximum Gasteiger partial charge on any atom is 0.153 e. The van der Waals surface area contributed by atoms with Crippen molar-refractivity contribution in [2.75, 3.05) is 7.11 Å². The first-order chi connectivity index (χ1) is 7.24. The lowest BCUT2D eigenvalue weighted by atomic mass is 10.1. The minimum atomic E-state index is 0.214. The van der Waals surface area contributed by atoms with Crippen LogP contribution in [0.1, 0.15) is 10.4 Å². The molecule has 1 aromatic heterocycles. The van der Waals surface area contributed by atoms with Crippen molar-refractivity contribution in [2.24, 2.45) is 0 Å². The number of nitrogens with zero attached hydrogens (tertiary/aromatic N) is 1. The molecule has 0 unspecified atom stereocenters. The van der Waals surface area contributed by atoms with Gasteiger partial charge in [0.15, 0.2) is 6.29 Å². The first kappa shape index (κ1) is 9.93. The highest BCUT2D eigenvalue weighted by molar-refractivity contribution is 6.32. The number of pyridine rings is 1. The molecule has 0 aliphatic rings. The molecule has 0 aliphatic heterocycles. The molecule has 0 atom stereocenters. The smallest absolute Gasteiger partial charge is 0.153 e. The third kappa shape index (κ3) is 1.78. The molecule has 0 bridgehead atoms. The Kier molecular flexibility index (Phi) is 2.56. The third-order valence-corrected chi connectivity index (χ3v) is 2.44. The van der Waals surface area contributed by atoms with Crippen LogP contribution in [0.2, 0.25) is 5.15 Å². The van der Waals surface area contributed by atoms with E-state index in [4.69, 9.17) is 16.3 Å². The first-order valence-electron chi connectivity index (χ1n) is 4.34. The maximum atomic E-state index is 10.6. The number of methoxy groups -OCH3 is 1. The van der Waals surface area contributed by atoms with Crippen LogP contribution in [0.5, 0.6) is 5.75 Å². The van der Waals surface area contributed by atoms with Gasteiger partial charge in [-0.3, -0.25) is 4.79 Å². The number of aldehydes is 1. The van der Waals surface area contributed by atoms with E-state index >= 15 is 0 Å². The van der Waals surface area contributed by atoms with Crippen LogP contribution in [-0.2, 0) is 0 Å².